The second kappa shape index (κ2) is 6.45. The van der Waals surface area contributed by atoms with Crippen LogP contribution in [-0.4, -0.2) is 33.0 Å². The first kappa shape index (κ1) is 23.1. The van der Waals surface area contributed by atoms with Crippen molar-refractivity contribution in [3.63, 3.8) is 0 Å². The molecule has 0 unspecified atom stereocenters. The van der Waals surface area contributed by atoms with Gasteiger partial charge in [-0.2, -0.15) is 0 Å². The minimum absolute atomic E-state index is 0.117. The van der Waals surface area contributed by atoms with Gasteiger partial charge in [0.2, 0.25) is 0 Å². The summed E-state index contributed by atoms with van der Waals surface area (Å²) in [6.07, 6.45) is 5.45. The van der Waals surface area contributed by atoms with Crippen LogP contribution in [0.15, 0.2) is 0 Å². The van der Waals surface area contributed by atoms with Gasteiger partial charge in [-0.3, -0.25) is 4.79 Å². The zero-order valence-electron chi connectivity index (χ0n) is 20.2. The average Bonchev–Trinajstić information content (AvgIpc) is 2.50. The Morgan fingerprint density at radius 3 is 1.55 bits per heavy atom. The molecule has 0 aromatic carbocycles. The molecule has 4 fully saturated rings. The molecule has 4 saturated carbocycles. The number of aliphatic hydroxyl groups is 2. The molecule has 0 atom stereocenters. The van der Waals surface area contributed by atoms with Crippen molar-refractivity contribution < 1.29 is 19.7 Å². The molecule has 0 radical (unpaired) electrons. The third-order valence-corrected chi connectivity index (χ3v) is 9.49. The van der Waals surface area contributed by atoms with Crippen LogP contribution in [0.4, 0.5) is 0 Å². The zero-order chi connectivity index (χ0) is 22.3. The van der Waals surface area contributed by atoms with Crippen LogP contribution < -0.4 is 0 Å². The minimum Gasteiger partial charge on any atom is -0.459 e. The molecule has 4 aliphatic carbocycles. The number of rotatable bonds is 6. The predicted octanol–water partition coefficient (Wildman–Crippen LogP) is 5.10. The van der Waals surface area contributed by atoms with E-state index in [-0.39, 0.29) is 22.7 Å². The van der Waals surface area contributed by atoms with Gasteiger partial charge in [-0.05, 0) is 117 Å². The van der Waals surface area contributed by atoms with Crippen LogP contribution in [0.3, 0.4) is 0 Å². The highest BCUT2D eigenvalue weighted by atomic mass is 16.6. The third kappa shape index (κ3) is 3.46. The van der Waals surface area contributed by atoms with E-state index in [0.29, 0.717) is 11.8 Å². The van der Waals surface area contributed by atoms with Crippen LogP contribution in [0.25, 0.3) is 0 Å². The Morgan fingerprint density at radius 1 is 0.862 bits per heavy atom. The third-order valence-electron chi connectivity index (χ3n) is 9.49. The van der Waals surface area contributed by atoms with Crippen LogP contribution in [-0.2, 0) is 9.53 Å². The van der Waals surface area contributed by atoms with Crippen molar-refractivity contribution in [2.75, 3.05) is 0 Å². The van der Waals surface area contributed by atoms with Crippen LogP contribution in [0.1, 0.15) is 101 Å². The van der Waals surface area contributed by atoms with E-state index >= 15 is 0 Å². The Kier molecular flexibility index (Phi) is 5.13. The summed E-state index contributed by atoms with van der Waals surface area (Å²) < 4.78 is 6.19. The van der Waals surface area contributed by atoms with Crippen molar-refractivity contribution in [2.45, 2.75) is 118 Å². The molecule has 0 spiro atoms. The van der Waals surface area contributed by atoms with E-state index in [1.165, 1.54) is 0 Å². The fraction of sp³-hybridized carbons (Fsp3) is 0.960. The molecular formula is C25H44O4. The van der Waals surface area contributed by atoms with Gasteiger partial charge in [-0.25, -0.2) is 0 Å². The molecule has 2 N–H and O–H groups in total. The average molecular weight is 409 g/mol. The number of hydrogen-bond acceptors (Lipinski definition) is 4. The van der Waals surface area contributed by atoms with Crippen molar-refractivity contribution in [1.29, 1.82) is 0 Å². The Labute approximate surface area is 177 Å². The number of carbonyl (C=O) groups excluding carboxylic acids is 1. The molecule has 4 nitrogen and oxygen atoms in total. The summed E-state index contributed by atoms with van der Waals surface area (Å²) in [5, 5.41) is 22.3. The Hall–Kier alpha value is -0.610. The smallest absolute Gasteiger partial charge is 0.312 e. The first-order valence-electron chi connectivity index (χ1n) is 11.6. The highest BCUT2D eigenvalue weighted by molar-refractivity contribution is 5.76. The lowest BCUT2D eigenvalue weighted by Crippen LogP contribution is -2.69. The molecule has 0 aliphatic heterocycles. The van der Waals surface area contributed by atoms with E-state index in [0.717, 1.165) is 38.5 Å². The number of carbonyl (C=O) groups is 1. The van der Waals surface area contributed by atoms with E-state index in [2.05, 4.69) is 13.8 Å². The zero-order valence-corrected chi connectivity index (χ0v) is 20.2. The van der Waals surface area contributed by atoms with Gasteiger partial charge < -0.3 is 14.9 Å². The molecule has 0 heterocycles. The van der Waals surface area contributed by atoms with Gasteiger partial charge in [0.25, 0.3) is 0 Å². The van der Waals surface area contributed by atoms with Crippen molar-refractivity contribution >= 4 is 5.97 Å². The molecule has 4 rings (SSSR count). The maximum absolute atomic E-state index is 12.9. The second-order valence-corrected chi connectivity index (χ2v) is 12.9. The summed E-state index contributed by atoms with van der Waals surface area (Å²) in [6.45, 7) is 17.9. The second-order valence-electron chi connectivity index (χ2n) is 12.9. The maximum atomic E-state index is 12.9. The lowest BCUT2D eigenvalue weighted by Gasteiger charge is -2.71. The van der Waals surface area contributed by atoms with Gasteiger partial charge in [0.15, 0.2) is 0 Å². The summed E-state index contributed by atoms with van der Waals surface area (Å²) in [6, 6.07) is 0. The van der Waals surface area contributed by atoms with E-state index in [4.69, 9.17) is 4.74 Å². The van der Waals surface area contributed by atoms with Gasteiger partial charge in [0, 0.05) is 5.92 Å². The van der Waals surface area contributed by atoms with Crippen molar-refractivity contribution in [3.05, 3.63) is 0 Å². The highest BCUT2D eigenvalue weighted by Gasteiger charge is 2.69. The molecule has 0 aromatic rings. The predicted molar refractivity (Wildman–Crippen MR) is 115 cm³/mol. The van der Waals surface area contributed by atoms with Crippen molar-refractivity contribution in [2.24, 2.45) is 34.0 Å². The van der Waals surface area contributed by atoms with Crippen molar-refractivity contribution in [3.8, 4) is 0 Å². The summed E-state index contributed by atoms with van der Waals surface area (Å²) in [5.41, 5.74) is -2.93. The molecule has 29 heavy (non-hydrogen) atoms. The van der Waals surface area contributed by atoms with Gasteiger partial charge in [-0.1, -0.05) is 6.92 Å². The largest absolute Gasteiger partial charge is 0.459 e. The summed E-state index contributed by atoms with van der Waals surface area (Å²) in [5.74, 6) is 0.849. The fourth-order valence-electron chi connectivity index (χ4n) is 7.30. The van der Waals surface area contributed by atoms with E-state index in [1.807, 2.05) is 48.5 Å². The van der Waals surface area contributed by atoms with Crippen LogP contribution in [0.5, 0.6) is 0 Å². The number of hydrogen-bond donors (Lipinski definition) is 2. The molecule has 168 valence electrons. The normalized spacial score (nSPS) is 37.7. The summed E-state index contributed by atoms with van der Waals surface area (Å²) >= 11 is 0. The Morgan fingerprint density at radius 2 is 1.24 bits per heavy atom. The SMILES string of the molecule is CCC(C)(C)C(=O)OC(C)(C)C1C2CC3(C(C)(C)O)CC1CC(C(C)(C)O)(C2)C3. The summed E-state index contributed by atoms with van der Waals surface area (Å²) in [4.78, 5) is 12.9. The van der Waals surface area contributed by atoms with Crippen LogP contribution in [0.2, 0.25) is 0 Å². The van der Waals surface area contributed by atoms with Gasteiger partial charge in [-0.15, -0.1) is 0 Å². The van der Waals surface area contributed by atoms with Crippen LogP contribution in [0, 0.1) is 34.0 Å². The molecule has 4 bridgehead atoms. The van der Waals surface area contributed by atoms with E-state index in [1.54, 1.807) is 0 Å². The topological polar surface area (TPSA) is 66.8 Å². The molecule has 0 aromatic heterocycles. The standard InChI is InChI=1S/C25H44O4/c1-10-20(2,3)19(26)29-21(4,5)18-16-11-24(22(6,7)27)12-17(18)14-25(13-16,15-24)23(8,9)28/h16-18,27-28H,10-15H2,1-9H3. The molecule has 0 saturated heterocycles. The first-order chi connectivity index (χ1) is 12.9. The quantitative estimate of drug-likeness (QED) is 0.600. The molecule has 4 heteroatoms. The monoisotopic (exact) mass is 408 g/mol. The Balaban J connectivity index is 1.96. The fourth-order valence-corrected chi connectivity index (χ4v) is 7.30. The van der Waals surface area contributed by atoms with Gasteiger partial charge >= 0.3 is 5.97 Å². The minimum atomic E-state index is -0.781. The highest BCUT2D eigenvalue weighted by Crippen LogP contribution is 2.73. The number of ether oxygens (including phenoxy) is 1. The van der Waals surface area contributed by atoms with E-state index in [9.17, 15) is 15.0 Å². The van der Waals surface area contributed by atoms with E-state index < -0.39 is 22.2 Å². The van der Waals surface area contributed by atoms with Crippen molar-refractivity contribution in [1.82, 2.24) is 0 Å². The van der Waals surface area contributed by atoms with Gasteiger partial charge in [0.1, 0.15) is 5.60 Å². The number of esters is 1. The maximum Gasteiger partial charge on any atom is 0.312 e. The lowest BCUT2D eigenvalue weighted by atomic mass is 9.35. The van der Waals surface area contributed by atoms with Crippen LogP contribution >= 0.6 is 0 Å². The first-order valence-corrected chi connectivity index (χ1v) is 11.6. The molecule has 4 aliphatic rings. The summed E-state index contributed by atoms with van der Waals surface area (Å²) in [7, 11) is 0. The Bertz CT molecular complexity index is 613. The van der Waals surface area contributed by atoms with Gasteiger partial charge in [0.05, 0.1) is 16.6 Å². The lowest BCUT2D eigenvalue weighted by molar-refractivity contribution is -0.274. The molecular weight excluding hydrogens is 364 g/mol. The molecule has 0 amide bonds.